The van der Waals surface area contributed by atoms with Crippen molar-refractivity contribution in [3.8, 4) is 6.19 Å². The third-order valence-electron chi connectivity index (χ3n) is 2.44. The smallest absolute Gasteiger partial charge is 0.209 e. The molecule has 1 rings (SSSR count). The number of guanidine groups is 1. The van der Waals surface area contributed by atoms with Crippen molar-refractivity contribution >= 4 is 11.7 Å². The van der Waals surface area contributed by atoms with Crippen LogP contribution in [0.1, 0.15) is 33.6 Å². The maximum absolute atomic E-state index is 11.5. The van der Waals surface area contributed by atoms with Gasteiger partial charge in [0.15, 0.2) is 12.0 Å². The quantitative estimate of drug-likeness (QED) is 0.550. The van der Waals surface area contributed by atoms with Crippen LogP contribution in [-0.2, 0) is 4.79 Å². The van der Waals surface area contributed by atoms with Gasteiger partial charge < -0.3 is 5.32 Å². The van der Waals surface area contributed by atoms with Gasteiger partial charge in [-0.05, 0) is 20.3 Å². The Bertz CT molecular complexity index is 389. The number of nitriles is 1. The van der Waals surface area contributed by atoms with Crippen molar-refractivity contribution in [3.05, 3.63) is 11.3 Å². The number of hydrogen-bond donors (Lipinski definition) is 2. The fourth-order valence-electron chi connectivity index (χ4n) is 1.84. The summed E-state index contributed by atoms with van der Waals surface area (Å²) in [5.41, 5.74) is 1.49. The van der Waals surface area contributed by atoms with E-state index < -0.39 is 0 Å². The second kappa shape index (κ2) is 5.31. The monoisotopic (exact) mass is 220 g/mol. The van der Waals surface area contributed by atoms with Gasteiger partial charge in [-0.25, -0.2) is 4.99 Å². The Kier molecular flexibility index (Phi) is 4.06. The summed E-state index contributed by atoms with van der Waals surface area (Å²) >= 11 is 0. The first kappa shape index (κ1) is 12.2. The molecule has 5 nitrogen and oxygen atoms in total. The van der Waals surface area contributed by atoms with E-state index in [0.29, 0.717) is 11.5 Å². The zero-order valence-electron chi connectivity index (χ0n) is 9.79. The van der Waals surface area contributed by atoms with Gasteiger partial charge >= 0.3 is 0 Å². The summed E-state index contributed by atoms with van der Waals surface area (Å²) in [4.78, 5) is 15.8. The van der Waals surface area contributed by atoms with E-state index in [-0.39, 0.29) is 11.8 Å². The number of aliphatic imine (C=N–C) groups is 1. The molecule has 1 atom stereocenters. The Balaban J connectivity index is 2.98. The van der Waals surface area contributed by atoms with Crippen LogP contribution in [0.3, 0.4) is 0 Å². The highest BCUT2D eigenvalue weighted by molar-refractivity contribution is 5.98. The number of rotatable bonds is 3. The molecule has 0 aromatic rings. The van der Waals surface area contributed by atoms with E-state index in [1.807, 2.05) is 20.0 Å². The van der Waals surface area contributed by atoms with Crippen LogP contribution in [0.15, 0.2) is 16.3 Å². The first-order valence-electron chi connectivity index (χ1n) is 5.31. The van der Waals surface area contributed by atoms with Crippen molar-refractivity contribution in [2.75, 3.05) is 0 Å². The van der Waals surface area contributed by atoms with Crippen LogP contribution in [0.4, 0.5) is 0 Å². The number of hydrogen-bond acceptors (Lipinski definition) is 5. The van der Waals surface area contributed by atoms with Crippen molar-refractivity contribution in [3.63, 3.8) is 0 Å². The molecule has 16 heavy (non-hydrogen) atoms. The Morgan fingerprint density at radius 1 is 1.69 bits per heavy atom. The molecule has 1 unspecified atom stereocenters. The maximum atomic E-state index is 11.5. The normalized spacial score (nSPS) is 19.6. The molecule has 1 aliphatic heterocycles. The predicted molar refractivity (Wildman–Crippen MR) is 61.4 cm³/mol. The van der Waals surface area contributed by atoms with Crippen LogP contribution >= 0.6 is 0 Å². The molecular weight excluding hydrogens is 204 g/mol. The average molecular weight is 220 g/mol. The lowest BCUT2D eigenvalue weighted by Crippen LogP contribution is -2.40. The Morgan fingerprint density at radius 3 is 2.88 bits per heavy atom. The molecule has 1 heterocycles. The van der Waals surface area contributed by atoms with Crippen molar-refractivity contribution in [1.82, 2.24) is 10.6 Å². The fourth-order valence-corrected chi connectivity index (χ4v) is 1.84. The lowest BCUT2D eigenvalue weighted by molar-refractivity contribution is -0.113. The molecule has 0 spiro atoms. The number of Topliss-reactive ketones (excluding diaryl/α,β-unsaturated/α-hetero) is 1. The van der Waals surface area contributed by atoms with Gasteiger partial charge in [-0.15, -0.1) is 0 Å². The van der Waals surface area contributed by atoms with E-state index >= 15 is 0 Å². The van der Waals surface area contributed by atoms with E-state index in [0.717, 1.165) is 18.5 Å². The van der Waals surface area contributed by atoms with Crippen LogP contribution < -0.4 is 10.6 Å². The zero-order chi connectivity index (χ0) is 12.1. The molecule has 0 aromatic heterocycles. The first-order valence-corrected chi connectivity index (χ1v) is 5.31. The molecule has 86 valence electrons. The van der Waals surface area contributed by atoms with E-state index in [1.54, 1.807) is 6.92 Å². The zero-order valence-corrected chi connectivity index (χ0v) is 9.79. The van der Waals surface area contributed by atoms with Gasteiger partial charge in [0.25, 0.3) is 0 Å². The number of carbonyl (C=O) groups excluding carboxylic acids is 1. The highest BCUT2D eigenvalue weighted by Gasteiger charge is 2.24. The highest BCUT2D eigenvalue weighted by Crippen LogP contribution is 2.20. The predicted octanol–water partition coefficient (Wildman–Crippen LogP) is 1.05. The van der Waals surface area contributed by atoms with Crippen molar-refractivity contribution < 1.29 is 4.79 Å². The summed E-state index contributed by atoms with van der Waals surface area (Å²) in [5.74, 6) is 0.451. The van der Waals surface area contributed by atoms with Gasteiger partial charge in [0, 0.05) is 11.3 Å². The van der Waals surface area contributed by atoms with Gasteiger partial charge in [0.1, 0.15) is 0 Å². The van der Waals surface area contributed by atoms with E-state index in [4.69, 9.17) is 5.26 Å². The Hall–Kier alpha value is -1.83. The summed E-state index contributed by atoms with van der Waals surface area (Å²) in [7, 11) is 0. The Labute approximate surface area is 95.2 Å². The minimum Gasteiger partial charge on any atom is -0.329 e. The molecule has 0 saturated heterocycles. The summed E-state index contributed by atoms with van der Waals surface area (Å²) in [6.07, 6.45) is 3.57. The van der Waals surface area contributed by atoms with Crippen LogP contribution in [0.25, 0.3) is 0 Å². The van der Waals surface area contributed by atoms with Gasteiger partial charge in [-0.2, -0.15) is 5.26 Å². The van der Waals surface area contributed by atoms with Gasteiger partial charge in [-0.3, -0.25) is 10.1 Å². The van der Waals surface area contributed by atoms with E-state index in [2.05, 4.69) is 15.6 Å². The fraction of sp³-hybridized carbons (Fsp3) is 0.545. The summed E-state index contributed by atoms with van der Waals surface area (Å²) < 4.78 is 0. The summed E-state index contributed by atoms with van der Waals surface area (Å²) in [6, 6.07) is -0.139. The third-order valence-corrected chi connectivity index (χ3v) is 2.44. The molecule has 5 heteroatoms. The molecule has 0 amide bonds. The largest absolute Gasteiger partial charge is 0.329 e. The second-order valence-corrected chi connectivity index (χ2v) is 3.74. The number of ketones is 1. The molecule has 0 fully saturated rings. The van der Waals surface area contributed by atoms with Gasteiger partial charge in [0.2, 0.25) is 5.96 Å². The highest BCUT2D eigenvalue weighted by atomic mass is 16.1. The van der Waals surface area contributed by atoms with Crippen LogP contribution in [0.5, 0.6) is 0 Å². The maximum Gasteiger partial charge on any atom is 0.209 e. The second-order valence-electron chi connectivity index (χ2n) is 3.74. The topological polar surface area (TPSA) is 77.3 Å². The summed E-state index contributed by atoms with van der Waals surface area (Å²) in [5, 5.41) is 13.9. The SMILES string of the molecule is CCCC1N=C(NC#N)NC(C)=C1C(C)=O. The molecule has 0 aromatic carbocycles. The van der Waals surface area contributed by atoms with Crippen molar-refractivity contribution in [1.29, 1.82) is 5.26 Å². The molecule has 0 saturated carbocycles. The molecule has 1 aliphatic rings. The minimum atomic E-state index is -0.139. The number of nitrogens with one attached hydrogen (secondary N) is 2. The van der Waals surface area contributed by atoms with Crippen LogP contribution in [0.2, 0.25) is 0 Å². The third kappa shape index (κ3) is 2.60. The van der Waals surface area contributed by atoms with Crippen LogP contribution in [-0.4, -0.2) is 17.8 Å². The molecular formula is C11H16N4O. The lowest BCUT2D eigenvalue weighted by Gasteiger charge is -2.24. The molecule has 0 bridgehead atoms. The number of carbonyl (C=O) groups is 1. The summed E-state index contributed by atoms with van der Waals surface area (Å²) in [6.45, 7) is 5.41. The number of nitrogens with zero attached hydrogens (tertiary/aromatic N) is 2. The average Bonchev–Trinajstić information content (AvgIpc) is 2.17. The molecule has 0 aliphatic carbocycles. The van der Waals surface area contributed by atoms with Gasteiger partial charge in [-0.1, -0.05) is 13.3 Å². The number of allylic oxidation sites excluding steroid dienone is 1. The van der Waals surface area contributed by atoms with Gasteiger partial charge in [0.05, 0.1) is 6.04 Å². The Morgan fingerprint density at radius 2 is 2.38 bits per heavy atom. The van der Waals surface area contributed by atoms with E-state index in [9.17, 15) is 4.79 Å². The van der Waals surface area contributed by atoms with Crippen LogP contribution in [0, 0.1) is 11.5 Å². The van der Waals surface area contributed by atoms with Crippen molar-refractivity contribution in [2.45, 2.75) is 39.7 Å². The lowest BCUT2D eigenvalue weighted by atomic mass is 9.97. The minimum absolute atomic E-state index is 0.0307. The standard InChI is InChI=1S/C11H16N4O/c1-4-5-9-10(8(3)16)7(2)14-11(15-9)13-6-12/h9H,4-5H2,1-3H3,(H2,13,14,15). The molecule has 2 N–H and O–H groups in total. The molecule has 0 radical (unpaired) electrons. The van der Waals surface area contributed by atoms with E-state index in [1.165, 1.54) is 0 Å². The van der Waals surface area contributed by atoms with Crippen molar-refractivity contribution in [2.24, 2.45) is 4.99 Å². The first-order chi connectivity index (χ1) is 7.60.